The van der Waals surface area contributed by atoms with E-state index in [9.17, 15) is 4.79 Å². The first-order chi connectivity index (χ1) is 4.72. The van der Waals surface area contributed by atoms with Crippen LogP contribution < -0.4 is 0 Å². The molecule has 0 spiro atoms. The summed E-state index contributed by atoms with van der Waals surface area (Å²) in [6, 6.07) is 2.03. The Morgan fingerprint density at radius 3 is 2.50 bits per heavy atom. The zero-order chi connectivity index (χ0) is 7.98. The van der Waals surface area contributed by atoms with Gasteiger partial charge in [0.05, 0.1) is 6.07 Å². The number of hydrogen-bond donors (Lipinski definition) is 0. The maximum atomic E-state index is 10.3. The number of aldehydes is 1. The van der Waals surface area contributed by atoms with Crippen LogP contribution in [0.1, 0.15) is 26.7 Å². The van der Waals surface area contributed by atoms with Crippen LogP contribution in [0, 0.1) is 23.2 Å². The summed E-state index contributed by atoms with van der Waals surface area (Å²) in [5, 5.41) is 8.23. The zero-order valence-corrected chi connectivity index (χ0v) is 6.50. The van der Waals surface area contributed by atoms with Crippen molar-refractivity contribution in [2.24, 2.45) is 11.8 Å². The van der Waals surface area contributed by atoms with Crippen LogP contribution >= 0.6 is 0 Å². The average Bonchev–Trinajstić information content (AvgIpc) is 1.89. The van der Waals surface area contributed by atoms with Crippen LogP contribution in [0.2, 0.25) is 0 Å². The third kappa shape index (κ3) is 3.24. The summed E-state index contributed by atoms with van der Waals surface area (Å²) in [5.41, 5.74) is 0. The van der Waals surface area contributed by atoms with Gasteiger partial charge in [-0.05, 0) is 12.3 Å². The second-order valence-corrected chi connectivity index (χ2v) is 2.74. The van der Waals surface area contributed by atoms with E-state index in [-0.39, 0.29) is 5.92 Å². The molecule has 0 fully saturated rings. The average molecular weight is 139 g/mol. The Labute approximate surface area is 61.8 Å². The highest BCUT2D eigenvalue weighted by molar-refractivity contribution is 5.53. The van der Waals surface area contributed by atoms with E-state index in [0.29, 0.717) is 18.8 Å². The Balaban J connectivity index is 3.63. The van der Waals surface area contributed by atoms with Gasteiger partial charge in [0.15, 0.2) is 0 Å². The normalized spacial score (nSPS) is 12.6. The number of rotatable bonds is 4. The smallest absolute Gasteiger partial charge is 0.123 e. The van der Waals surface area contributed by atoms with Crippen LogP contribution in [0.25, 0.3) is 0 Å². The lowest BCUT2D eigenvalue weighted by molar-refractivity contribution is -0.112. The molecule has 0 amide bonds. The molecule has 56 valence electrons. The second-order valence-electron chi connectivity index (χ2n) is 2.74. The molecule has 0 aliphatic rings. The van der Waals surface area contributed by atoms with Gasteiger partial charge in [-0.1, -0.05) is 13.8 Å². The van der Waals surface area contributed by atoms with Gasteiger partial charge in [0.2, 0.25) is 0 Å². The highest BCUT2D eigenvalue weighted by Gasteiger charge is 2.10. The van der Waals surface area contributed by atoms with Crippen LogP contribution in [0.3, 0.4) is 0 Å². The molecule has 0 aromatic heterocycles. The van der Waals surface area contributed by atoms with Crippen LogP contribution in [0.15, 0.2) is 0 Å². The van der Waals surface area contributed by atoms with E-state index in [1.54, 1.807) is 0 Å². The molecule has 2 nitrogen and oxygen atoms in total. The maximum Gasteiger partial charge on any atom is 0.123 e. The molecule has 0 aromatic carbocycles. The van der Waals surface area contributed by atoms with Gasteiger partial charge < -0.3 is 4.79 Å². The molecule has 1 atom stereocenters. The molecule has 10 heavy (non-hydrogen) atoms. The van der Waals surface area contributed by atoms with Crippen molar-refractivity contribution in [1.29, 1.82) is 5.26 Å². The molecule has 2 heteroatoms. The molecule has 0 rings (SSSR count). The summed E-state index contributed by atoms with van der Waals surface area (Å²) in [7, 11) is 0. The second kappa shape index (κ2) is 4.99. The molecule has 0 heterocycles. The summed E-state index contributed by atoms with van der Waals surface area (Å²) >= 11 is 0. The first-order valence-electron chi connectivity index (χ1n) is 3.54. The minimum Gasteiger partial charge on any atom is -0.303 e. The SMILES string of the molecule is CC(C)C(C=O)CCC#N. The molecular formula is C8H13NO. The predicted molar refractivity (Wildman–Crippen MR) is 39.2 cm³/mol. The van der Waals surface area contributed by atoms with Crippen molar-refractivity contribution in [1.82, 2.24) is 0 Å². The van der Waals surface area contributed by atoms with E-state index in [2.05, 4.69) is 0 Å². The molecule has 0 aromatic rings. The molecule has 0 saturated heterocycles. The first-order valence-corrected chi connectivity index (χ1v) is 3.54. The molecule has 1 unspecified atom stereocenters. The number of hydrogen-bond acceptors (Lipinski definition) is 2. The van der Waals surface area contributed by atoms with Crippen molar-refractivity contribution in [3.63, 3.8) is 0 Å². The van der Waals surface area contributed by atoms with Crippen LogP contribution in [0.4, 0.5) is 0 Å². The predicted octanol–water partition coefficient (Wildman–Crippen LogP) is 1.76. The fourth-order valence-corrected chi connectivity index (χ4v) is 0.790. The standard InChI is InChI=1S/C8H13NO/c1-7(2)8(6-10)4-3-5-9/h6-8H,3-4H2,1-2H3. The van der Waals surface area contributed by atoms with Crippen molar-refractivity contribution in [2.75, 3.05) is 0 Å². The molecule has 0 aliphatic heterocycles. The monoisotopic (exact) mass is 139 g/mol. The van der Waals surface area contributed by atoms with Crippen molar-refractivity contribution in [2.45, 2.75) is 26.7 Å². The Bertz CT molecular complexity index is 135. The molecule has 0 N–H and O–H groups in total. The summed E-state index contributed by atoms with van der Waals surface area (Å²) < 4.78 is 0. The molecule has 0 radical (unpaired) electrons. The van der Waals surface area contributed by atoms with Gasteiger partial charge in [0, 0.05) is 12.3 Å². The number of nitriles is 1. The quantitative estimate of drug-likeness (QED) is 0.557. The lowest BCUT2D eigenvalue weighted by atomic mass is 9.93. The van der Waals surface area contributed by atoms with Crippen molar-refractivity contribution in [3.05, 3.63) is 0 Å². The Hall–Kier alpha value is -0.840. The fourth-order valence-electron chi connectivity index (χ4n) is 0.790. The fraction of sp³-hybridized carbons (Fsp3) is 0.750. The van der Waals surface area contributed by atoms with Crippen molar-refractivity contribution < 1.29 is 4.79 Å². The highest BCUT2D eigenvalue weighted by atomic mass is 16.1. The number of carbonyl (C=O) groups excluding carboxylic acids is 1. The Morgan fingerprint density at radius 2 is 2.20 bits per heavy atom. The molecular weight excluding hydrogens is 126 g/mol. The van der Waals surface area contributed by atoms with Gasteiger partial charge in [0.25, 0.3) is 0 Å². The minimum atomic E-state index is 0.0691. The molecule has 0 aliphatic carbocycles. The zero-order valence-electron chi connectivity index (χ0n) is 6.50. The van der Waals surface area contributed by atoms with Crippen LogP contribution in [0.5, 0.6) is 0 Å². The minimum absolute atomic E-state index is 0.0691. The van der Waals surface area contributed by atoms with Gasteiger partial charge in [-0.3, -0.25) is 0 Å². The van der Waals surface area contributed by atoms with Gasteiger partial charge in [-0.25, -0.2) is 0 Å². The van der Waals surface area contributed by atoms with E-state index in [0.717, 1.165) is 6.29 Å². The topological polar surface area (TPSA) is 40.9 Å². The van der Waals surface area contributed by atoms with E-state index in [4.69, 9.17) is 5.26 Å². The largest absolute Gasteiger partial charge is 0.303 e. The van der Waals surface area contributed by atoms with E-state index >= 15 is 0 Å². The summed E-state index contributed by atoms with van der Waals surface area (Å²) in [4.78, 5) is 10.3. The summed E-state index contributed by atoms with van der Waals surface area (Å²) in [6.07, 6.45) is 2.14. The lowest BCUT2D eigenvalue weighted by Gasteiger charge is -2.10. The van der Waals surface area contributed by atoms with E-state index < -0.39 is 0 Å². The molecule has 0 saturated carbocycles. The van der Waals surface area contributed by atoms with Gasteiger partial charge in [-0.15, -0.1) is 0 Å². The number of nitrogens with zero attached hydrogens (tertiary/aromatic N) is 1. The van der Waals surface area contributed by atoms with Crippen molar-refractivity contribution >= 4 is 6.29 Å². The maximum absolute atomic E-state index is 10.3. The first kappa shape index (κ1) is 9.16. The Kier molecular flexibility index (Phi) is 4.57. The van der Waals surface area contributed by atoms with Gasteiger partial charge in [-0.2, -0.15) is 5.26 Å². The lowest BCUT2D eigenvalue weighted by Crippen LogP contribution is -2.09. The summed E-state index contributed by atoms with van der Waals surface area (Å²) in [5.74, 6) is 0.436. The third-order valence-corrected chi connectivity index (χ3v) is 1.62. The van der Waals surface area contributed by atoms with Crippen LogP contribution in [-0.4, -0.2) is 6.29 Å². The molecule has 0 bridgehead atoms. The number of carbonyl (C=O) groups is 1. The van der Waals surface area contributed by atoms with E-state index in [1.807, 2.05) is 19.9 Å². The van der Waals surface area contributed by atoms with Crippen molar-refractivity contribution in [3.8, 4) is 6.07 Å². The van der Waals surface area contributed by atoms with Crippen LogP contribution in [-0.2, 0) is 4.79 Å². The highest BCUT2D eigenvalue weighted by Crippen LogP contribution is 2.13. The van der Waals surface area contributed by atoms with E-state index in [1.165, 1.54) is 0 Å². The van der Waals surface area contributed by atoms with Gasteiger partial charge >= 0.3 is 0 Å². The summed E-state index contributed by atoms with van der Waals surface area (Å²) in [6.45, 7) is 3.99. The Morgan fingerprint density at radius 1 is 1.60 bits per heavy atom. The van der Waals surface area contributed by atoms with Gasteiger partial charge in [0.1, 0.15) is 6.29 Å². The third-order valence-electron chi connectivity index (χ3n) is 1.62.